The minimum atomic E-state index is 0.263. The van der Waals surface area contributed by atoms with Crippen LogP contribution in [0, 0.1) is 28.1 Å². The van der Waals surface area contributed by atoms with Gasteiger partial charge in [0.2, 0.25) is 0 Å². The summed E-state index contributed by atoms with van der Waals surface area (Å²) in [5.41, 5.74) is 3.15. The Hall–Kier alpha value is -0.520. The maximum atomic E-state index is 4.07. The van der Waals surface area contributed by atoms with Crippen molar-refractivity contribution in [3.05, 3.63) is 24.3 Å². The van der Waals surface area contributed by atoms with Crippen molar-refractivity contribution in [1.29, 1.82) is 0 Å². The first-order chi connectivity index (χ1) is 9.31. The minimum absolute atomic E-state index is 0.263. The standard InChI is InChI=1S/C20H32/c1-6-19(4)13-10-16-15(14-19)8-9-17-18(2,3)11-7-12-20(16,17)5/h6,14,16-17H,1,7-13H2,2-5H3/t16-,17?,19?,20+/m1/s1. The summed E-state index contributed by atoms with van der Waals surface area (Å²) in [4.78, 5) is 0. The zero-order chi connectivity index (χ0) is 14.6. The zero-order valence-corrected chi connectivity index (χ0v) is 14.0. The van der Waals surface area contributed by atoms with E-state index in [1.165, 1.54) is 44.9 Å². The molecule has 0 heterocycles. The first-order valence-electron chi connectivity index (χ1n) is 8.66. The lowest BCUT2D eigenvalue weighted by atomic mass is 9.45. The molecule has 0 aromatic heterocycles. The quantitative estimate of drug-likeness (QED) is 0.503. The predicted molar refractivity (Wildman–Crippen MR) is 87.6 cm³/mol. The number of hydrogen-bond acceptors (Lipinski definition) is 0. The molecule has 0 radical (unpaired) electrons. The first-order valence-corrected chi connectivity index (χ1v) is 8.66. The lowest BCUT2D eigenvalue weighted by Gasteiger charge is -2.59. The number of allylic oxidation sites excluding steroid dienone is 3. The number of rotatable bonds is 1. The Balaban J connectivity index is 1.97. The van der Waals surface area contributed by atoms with Gasteiger partial charge in [0.25, 0.3) is 0 Å². The van der Waals surface area contributed by atoms with Crippen LogP contribution in [0.5, 0.6) is 0 Å². The van der Waals surface area contributed by atoms with E-state index >= 15 is 0 Å². The lowest BCUT2D eigenvalue weighted by molar-refractivity contribution is -0.0587. The molecule has 0 heteroatoms. The number of fused-ring (bicyclic) bond motifs is 3. The average molecular weight is 272 g/mol. The van der Waals surface area contributed by atoms with Gasteiger partial charge in [-0.25, -0.2) is 0 Å². The van der Waals surface area contributed by atoms with E-state index < -0.39 is 0 Å². The first kappa shape index (κ1) is 14.4. The van der Waals surface area contributed by atoms with Gasteiger partial charge in [-0.2, -0.15) is 0 Å². The van der Waals surface area contributed by atoms with Crippen LogP contribution in [0.2, 0.25) is 0 Å². The highest BCUT2D eigenvalue weighted by molar-refractivity contribution is 5.26. The van der Waals surface area contributed by atoms with E-state index in [9.17, 15) is 0 Å². The molecule has 2 fully saturated rings. The van der Waals surface area contributed by atoms with Crippen molar-refractivity contribution in [2.75, 3.05) is 0 Å². The molecular formula is C20H32. The van der Waals surface area contributed by atoms with Crippen molar-refractivity contribution >= 4 is 0 Å². The zero-order valence-electron chi connectivity index (χ0n) is 14.0. The summed E-state index contributed by atoms with van der Waals surface area (Å²) in [6.07, 6.45) is 14.5. The van der Waals surface area contributed by atoms with Crippen LogP contribution in [0.3, 0.4) is 0 Å². The summed E-state index contributed by atoms with van der Waals surface area (Å²) >= 11 is 0. The summed E-state index contributed by atoms with van der Waals surface area (Å²) in [5, 5.41) is 0. The maximum absolute atomic E-state index is 4.07. The molecular weight excluding hydrogens is 240 g/mol. The van der Waals surface area contributed by atoms with Gasteiger partial charge in [-0.1, -0.05) is 51.8 Å². The monoisotopic (exact) mass is 272 g/mol. The Kier molecular flexibility index (Phi) is 3.23. The maximum Gasteiger partial charge on any atom is 0.00330 e. The summed E-state index contributed by atoms with van der Waals surface area (Å²) in [6, 6.07) is 0. The summed E-state index contributed by atoms with van der Waals surface area (Å²) < 4.78 is 0. The molecule has 0 aliphatic heterocycles. The summed E-state index contributed by atoms with van der Waals surface area (Å²) in [7, 11) is 0. The third-order valence-electron chi connectivity index (χ3n) is 7.19. The molecule has 2 unspecified atom stereocenters. The van der Waals surface area contributed by atoms with Crippen molar-refractivity contribution in [2.24, 2.45) is 28.1 Å². The molecule has 0 spiro atoms. The van der Waals surface area contributed by atoms with Crippen LogP contribution in [0.4, 0.5) is 0 Å². The molecule has 0 saturated heterocycles. The highest BCUT2D eigenvalue weighted by atomic mass is 14.6. The average Bonchev–Trinajstić information content (AvgIpc) is 2.37. The van der Waals surface area contributed by atoms with Crippen molar-refractivity contribution in [3.8, 4) is 0 Å². The molecule has 20 heavy (non-hydrogen) atoms. The van der Waals surface area contributed by atoms with Gasteiger partial charge >= 0.3 is 0 Å². The van der Waals surface area contributed by atoms with Gasteiger partial charge in [-0.05, 0) is 61.2 Å². The lowest BCUT2D eigenvalue weighted by Crippen LogP contribution is -2.50. The Morgan fingerprint density at radius 3 is 2.55 bits per heavy atom. The molecule has 0 aromatic carbocycles. The van der Waals surface area contributed by atoms with Gasteiger partial charge < -0.3 is 0 Å². The molecule has 0 aromatic rings. The van der Waals surface area contributed by atoms with Crippen molar-refractivity contribution in [3.63, 3.8) is 0 Å². The topological polar surface area (TPSA) is 0 Å². The van der Waals surface area contributed by atoms with Crippen LogP contribution in [0.25, 0.3) is 0 Å². The van der Waals surface area contributed by atoms with Gasteiger partial charge in [-0.15, -0.1) is 6.58 Å². The third kappa shape index (κ3) is 2.02. The fourth-order valence-electron chi connectivity index (χ4n) is 6.01. The molecule has 0 nitrogen and oxygen atoms in total. The largest absolute Gasteiger partial charge is 0.102 e. The molecule has 3 rings (SSSR count). The Morgan fingerprint density at radius 1 is 1.10 bits per heavy atom. The molecule has 2 saturated carbocycles. The van der Waals surface area contributed by atoms with Crippen molar-refractivity contribution in [2.45, 2.75) is 72.6 Å². The molecule has 0 N–H and O–H groups in total. The second-order valence-corrected chi connectivity index (χ2v) is 8.96. The SMILES string of the molecule is C=CC1(C)C=C2CCC3C(C)(C)CCC[C@@]3(C)[C@@H]2CC1. The predicted octanol–water partition coefficient (Wildman–Crippen LogP) is 6.14. The van der Waals surface area contributed by atoms with E-state index in [0.29, 0.717) is 10.8 Å². The van der Waals surface area contributed by atoms with Gasteiger partial charge in [0.05, 0.1) is 0 Å². The Bertz CT molecular complexity index is 441. The number of hydrogen-bond donors (Lipinski definition) is 0. The van der Waals surface area contributed by atoms with E-state index in [0.717, 1.165) is 11.8 Å². The highest BCUT2D eigenvalue weighted by Crippen LogP contribution is 2.63. The van der Waals surface area contributed by atoms with Gasteiger partial charge in [0.1, 0.15) is 0 Å². The molecule has 3 aliphatic rings. The Morgan fingerprint density at radius 2 is 1.85 bits per heavy atom. The van der Waals surface area contributed by atoms with E-state index in [-0.39, 0.29) is 5.41 Å². The smallest absolute Gasteiger partial charge is 0.00330 e. The van der Waals surface area contributed by atoms with E-state index in [1.54, 1.807) is 5.57 Å². The van der Waals surface area contributed by atoms with Crippen LogP contribution >= 0.6 is 0 Å². The minimum Gasteiger partial charge on any atom is -0.102 e. The van der Waals surface area contributed by atoms with Crippen LogP contribution in [-0.4, -0.2) is 0 Å². The normalized spacial score (nSPS) is 46.9. The van der Waals surface area contributed by atoms with Crippen LogP contribution in [0.15, 0.2) is 24.3 Å². The molecule has 3 aliphatic carbocycles. The van der Waals surface area contributed by atoms with Crippen molar-refractivity contribution < 1.29 is 0 Å². The van der Waals surface area contributed by atoms with Crippen LogP contribution < -0.4 is 0 Å². The van der Waals surface area contributed by atoms with Gasteiger partial charge in [0.15, 0.2) is 0 Å². The summed E-state index contributed by atoms with van der Waals surface area (Å²) in [5.74, 6) is 1.79. The van der Waals surface area contributed by atoms with E-state index in [4.69, 9.17) is 0 Å². The second-order valence-electron chi connectivity index (χ2n) is 8.96. The second kappa shape index (κ2) is 4.49. The molecule has 0 amide bonds. The highest BCUT2D eigenvalue weighted by Gasteiger charge is 2.54. The molecule has 112 valence electrons. The van der Waals surface area contributed by atoms with Crippen LogP contribution in [0.1, 0.15) is 72.6 Å². The fourth-order valence-corrected chi connectivity index (χ4v) is 6.01. The third-order valence-corrected chi connectivity index (χ3v) is 7.19. The van der Waals surface area contributed by atoms with Crippen LogP contribution in [-0.2, 0) is 0 Å². The molecule has 4 atom stereocenters. The van der Waals surface area contributed by atoms with Crippen molar-refractivity contribution in [1.82, 2.24) is 0 Å². The molecule has 0 bridgehead atoms. The summed E-state index contributed by atoms with van der Waals surface area (Å²) in [6.45, 7) is 14.1. The van der Waals surface area contributed by atoms with E-state index in [1.807, 2.05) is 0 Å². The fraction of sp³-hybridized carbons (Fsp3) is 0.800. The Labute approximate surface area is 125 Å². The van der Waals surface area contributed by atoms with Gasteiger partial charge in [0, 0.05) is 5.41 Å². The van der Waals surface area contributed by atoms with Gasteiger partial charge in [-0.3, -0.25) is 0 Å². The van der Waals surface area contributed by atoms with E-state index in [2.05, 4.69) is 46.4 Å².